The van der Waals surface area contributed by atoms with Gasteiger partial charge in [0, 0.05) is 29.7 Å². The predicted octanol–water partition coefficient (Wildman–Crippen LogP) is 2.87. The van der Waals surface area contributed by atoms with E-state index in [1.807, 2.05) is 0 Å². The number of rotatable bonds is 7. The van der Waals surface area contributed by atoms with Gasteiger partial charge in [-0.1, -0.05) is 31.5 Å². The van der Waals surface area contributed by atoms with Crippen LogP contribution in [0.4, 0.5) is 0 Å². The fraction of sp³-hybridized carbons (Fsp3) is 0.571. The summed E-state index contributed by atoms with van der Waals surface area (Å²) in [5.74, 6) is 0.255. The first-order valence-electron chi connectivity index (χ1n) is 6.50. The van der Waals surface area contributed by atoms with Gasteiger partial charge in [-0.15, -0.1) is 0 Å². The zero-order valence-corrected chi connectivity index (χ0v) is 12.2. The third-order valence-corrected chi connectivity index (χ3v) is 3.50. The Morgan fingerprint density at radius 2 is 2.00 bits per heavy atom. The molecule has 1 unspecified atom stereocenters. The van der Waals surface area contributed by atoms with Crippen molar-refractivity contribution in [2.75, 3.05) is 19.6 Å². The summed E-state index contributed by atoms with van der Waals surface area (Å²) >= 11 is 6.06. The molecule has 0 saturated heterocycles. The van der Waals surface area contributed by atoms with Gasteiger partial charge in [0.25, 0.3) is 0 Å². The second kappa shape index (κ2) is 7.62. The van der Waals surface area contributed by atoms with Gasteiger partial charge in [-0.25, -0.2) is 0 Å². The van der Waals surface area contributed by atoms with E-state index in [1.165, 1.54) is 0 Å². The van der Waals surface area contributed by atoms with E-state index in [-0.39, 0.29) is 5.75 Å². The molecule has 1 atom stereocenters. The average molecular weight is 271 g/mol. The maximum atomic E-state index is 9.74. The van der Waals surface area contributed by atoms with Gasteiger partial charge in [0.05, 0.1) is 0 Å². The molecule has 0 aliphatic rings. The van der Waals surface area contributed by atoms with Gasteiger partial charge in [0.2, 0.25) is 0 Å². The van der Waals surface area contributed by atoms with Gasteiger partial charge in [-0.3, -0.25) is 0 Å². The van der Waals surface area contributed by atoms with Gasteiger partial charge < -0.3 is 15.3 Å². The molecule has 102 valence electrons. The molecule has 0 aliphatic carbocycles. The molecule has 2 N–H and O–H groups in total. The number of phenolic OH excluding ortho intramolecular Hbond substituents is 1. The Morgan fingerprint density at radius 1 is 1.33 bits per heavy atom. The minimum atomic E-state index is 0.255. The molecule has 0 saturated carbocycles. The standard InChI is InChI=1S/C14H23ClN2O/c1-4-17(5-2)10-11(3)16-9-12-13(15)7-6-8-14(12)18/h6-8,11,16,18H,4-5,9-10H2,1-3H3. The van der Waals surface area contributed by atoms with Gasteiger partial charge >= 0.3 is 0 Å². The second-order valence-corrected chi connectivity index (χ2v) is 4.91. The van der Waals surface area contributed by atoms with E-state index < -0.39 is 0 Å². The molecule has 0 heterocycles. The third-order valence-electron chi connectivity index (χ3n) is 3.15. The first-order chi connectivity index (χ1) is 8.58. The van der Waals surface area contributed by atoms with Crippen molar-refractivity contribution in [3.63, 3.8) is 0 Å². The number of aromatic hydroxyl groups is 1. The van der Waals surface area contributed by atoms with E-state index in [0.717, 1.165) is 25.2 Å². The second-order valence-electron chi connectivity index (χ2n) is 4.51. The summed E-state index contributed by atoms with van der Waals surface area (Å²) in [6, 6.07) is 5.58. The smallest absolute Gasteiger partial charge is 0.121 e. The van der Waals surface area contributed by atoms with Crippen molar-refractivity contribution < 1.29 is 5.11 Å². The maximum Gasteiger partial charge on any atom is 0.121 e. The molecule has 3 nitrogen and oxygen atoms in total. The van der Waals surface area contributed by atoms with Crippen LogP contribution in [0.3, 0.4) is 0 Å². The normalized spacial score (nSPS) is 12.9. The summed E-state index contributed by atoms with van der Waals surface area (Å²) in [7, 11) is 0. The lowest BCUT2D eigenvalue weighted by molar-refractivity contribution is 0.270. The minimum absolute atomic E-state index is 0.255. The highest BCUT2D eigenvalue weighted by Crippen LogP contribution is 2.24. The molecule has 0 spiro atoms. The molecule has 0 amide bonds. The van der Waals surface area contributed by atoms with Crippen LogP contribution in [0.15, 0.2) is 18.2 Å². The van der Waals surface area contributed by atoms with Crippen molar-refractivity contribution in [2.24, 2.45) is 0 Å². The quantitative estimate of drug-likeness (QED) is 0.800. The van der Waals surface area contributed by atoms with Crippen LogP contribution in [0.2, 0.25) is 5.02 Å². The molecule has 1 rings (SSSR count). The lowest BCUT2D eigenvalue weighted by atomic mass is 10.2. The van der Waals surface area contributed by atoms with Crippen molar-refractivity contribution in [3.05, 3.63) is 28.8 Å². The molecule has 0 aromatic heterocycles. The van der Waals surface area contributed by atoms with Gasteiger partial charge in [0.15, 0.2) is 0 Å². The van der Waals surface area contributed by atoms with Crippen LogP contribution in [-0.2, 0) is 6.54 Å². The number of halogens is 1. The summed E-state index contributed by atoms with van der Waals surface area (Å²) in [5.41, 5.74) is 0.769. The van der Waals surface area contributed by atoms with E-state index in [4.69, 9.17) is 11.6 Å². The van der Waals surface area contributed by atoms with E-state index in [9.17, 15) is 5.11 Å². The summed E-state index contributed by atoms with van der Waals surface area (Å²) in [4.78, 5) is 2.37. The van der Waals surface area contributed by atoms with Crippen LogP contribution >= 0.6 is 11.6 Å². The van der Waals surface area contributed by atoms with Crippen LogP contribution < -0.4 is 5.32 Å². The third kappa shape index (κ3) is 4.48. The molecular weight excluding hydrogens is 248 g/mol. The van der Waals surface area contributed by atoms with Crippen molar-refractivity contribution in [1.29, 1.82) is 0 Å². The molecule has 0 radical (unpaired) electrons. The van der Waals surface area contributed by atoms with Crippen LogP contribution in [0.5, 0.6) is 5.75 Å². The van der Waals surface area contributed by atoms with Crippen LogP contribution in [0.1, 0.15) is 26.3 Å². The van der Waals surface area contributed by atoms with Crippen LogP contribution in [-0.4, -0.2) is 35.7 Å². The first kappa shape index (κ1) is 15.3. The fourth-order valence-corrected chi connectivity index (χ4v) is 2.17. The Bertz CT molecular complexity index is 347. The number of hydrogen-bond acceptors (Lipinski definition) is 3. The fourth-order valence-electron chi connectivity index (χ4n) is 1.93. The van der Waals surface area contributed by atoms with Gasteiger partial charge in [-0.2, -0.15) is 0 Å². The Balaban J connectivity index is 2.49. The number of hydrogen-bond donors (Lipinski definition) is 2. The van der Waals surface area contributed by atoms with Crippen LogP contribution in [0, 0.1) is 0 Å². The predicted molar refractivity (Wildman–Crippen MR) is 77.2 cm³/mol. The summed E-state index contributed by atoms with van der Waals surface area (Å²) in [5, 5.41) is 13.7. The van der Waals surface area contributed by atoms with E-state index >= 15 is 0 Å². The Morgan fingerprint density at radius 3 is 2.56 bits per heavy atom. The van der Waals surface area contributed by atoms with Crippen molar-refractivity contribution in [1.82, 2.24) is 10.2 Å². The molecule has 4 heteroatoms. The highest BCUT2D eigenvalue weighted by atomic mass is 35.5. The molecule has 0 aliphatic heterocycles. The molecule has 0 fully saturated rings. The average Bonchev–Trinajstić information content (AvgIpc) is 2.35. The summed E-state index contributed by atoms with van der Waals surface area (Å²) < 4.78 is 0. The van der Waals surface area contributed by atoms with Gasteiger partial charge in [-0.05, 0) is 32.1 Å². The molecular formula is C14H23ClN2O. The molecule has 1 aromatic carbocycles. The maximum absolute atomic E-state index is 9.74. The van der Waals surface area contributed by atoms with E-state index in [0.29, 0.717) is 17.6 Å². The summed E-state index contributed by atoms with van der Waals surface area (Å²) in [6.45, 7) is 10.2. The van der Waals surface area contributed by atoms with E-state index in [1.54, 1.807) is 18.2 Å². The van der Waals surface area contributed by atoms with E-state index in [2.05, 4.69) is 31.0 Å². The molecule has 18 heavy (non-hydrogen) atoms. The summed E-state index contributed by atoms with van der Waals surface area (Å²) in [6.07, 6.45) is 0. The number of likely N-dealkylation sites (N-methyl/N-ethyl adjacent to an activating group) is 1. The highest BCUT2D eigenvalue weighted by molar-refractivity contribution is 6.31. The number of benzene rings is 1. The van der Waals surface area contributed by atoms with Crippen molar-refractivity contribution in [2.45, 2.75) is 33.4 Å². The molecule has 1 aromatic rings. The monoisotopic (exact) mass is 270 g/mol. The lowest BCUT2D eigenvalue weighted by Crippen LogP contribution is -2.38. The minimum Gasteiger partial charge on any atom is -0.508 e. The van der Waals surface area contributed by atoms with Crippen molar-refractivity contribution in [3.8, 4) is 5.75 Å². The Labute approximate surface area is 115 Å². The SMILES string of the molecule is CCN(CC)CC(C)NCc1c(O)cccc1Cl. The zero-order chi connectivity index (χ0) is 13.5. The highest BCUT2D eigenvalue weighted by Gasteiger charge is 2.10. The van der Waals surface area contributed by atoms with Crippen molar-refractivity contribution >= 4 is 11.6 Å². The molecule has 0 bridgehead atoms. The largest absolute Gasteiger partial charge is 0.508 e. The van der Waals surface area contributed by atoms with Crippen LogP contribution in [0.25, 0.3) is 0 Å². The number of nitrogens with one attached hydrogen (secondary N) is 1. The Hall–Kier alpha value is -0.770. The van der Waals surface area contributed by atoms with Gasteiger partial charge in [0.1, 0.15) is 5.75 Å². The lowest BCUT2D eigenvalue weighted by Gasteiger charge is -2.23. The Kier molecular flexibility index (Phi) is 6.47. The zero-order valence-electron chi connectivity index (χ0n) is 11.4. The topological polar surface area (TPSA) is 35.5 Å². The first-order valence-corrected chi connectivity index (χ1v) is 6.88. The number of phenols is 1. The number of nitrogens with zero attached hydrogens (tertiary/aromatic N) is 1.